The molecule has 0 unspecified atom stereocenters. The number of aromatic nitrogens is 3. The van der Waals surface area contributed by atoms with Crippen LogP contribution in [0.2, 0.25) is 5.02 Å². The molecule has 0 saturated heterocycles. The minimum absolute atomic E-state index is 0.718. The summed E-state index contributed by atoms with van der Waals surface area (Å²) in [5.74, 6) is 0.927. The molecule has 2 heterocycles. The maximum atomic E-state index is 6.38. The van der Waals surface area contributed by atoms with Gasteiger partial charge in [-0.15, -0.1) is 0 Å². The zero-order chi connectivity index (χ0) is 20.8. The Balaban J connectivity index is 1.24. The standard InChI is InChI=1S/C25H26ClN3O/c1-19-17-25(21-13-8-9-14-23(21)28-19)30-16-10-3-2-7-15-24-22(26)18-27-29(24)20-11-5-4-6-12-20/h4-6,8-9,11-14,17-18H,2-3,7,10,15-16H2,1H3. The van der Waals surface area contributed by atoms with E-state index in [4.69, 9.17) is 16.3 Å². The summed E-state index contributed by atoms with van der Waals surface area (Å²) in [7, 11) is 0. The van der Waals surface area contributed by atoms with Crippen molar-refractivity contribution in [3.05, 3.63) is 83.3 Å². The Hall–Kier alpha value is -2.85. The highest BCUT2D eigenvalue weighted by Gasteiger charge is 2.10. The first-order valence-corrected chi connectivity index (χ1v) is 10.9. The molecule has 4 aromatic rings. The molecule has 0 aliphatic heterocycles. The topological polar surface area (TPSA) is 39.9 Å². The lowest BCUT2D eigenvalue weighted by Gasteiger charge is -2.10. The second kappa shape index (κ2) is 9.77. The van der Waals surface area contributed by atoms with E-state index >= 15 is 0 Å². The van der Waals surface area contributed by atoms with Crippen LogP contribution in [0.15, 0.2) is 66.9 Å². The van der Waals surface area contributed by atoms with Gasteiger partial charge in [0.25, 0.3) is 0 Å². The number of unbranched alkanes of at least 4 members (excludes halogenated alkanes) is 3. The first kappa shape index (κ1) is 20.4. The van der Waals surface area contributed by atoms with Crippen LogP contribution in [0.4, 0.5) is 0 Å². The lowest BCUT2D eigenvalue weighted by molar-refractivity contribution is 0.307. The zero-order valence-electron chi connectivity index (χ0n) is 17.2. The molecule has 2 aromatic heterocycles. The Morgan fingerprint density at radius 2 is 1.70 bits per heavy atom. The minimum Gasteiger partial charge on any atom is -0.493 e. The van der Waals surface area contributed by atoms with E-state index in [9.17, 15) is 0 Å². The lowest BCUT2D eigenvalue weighted by atomic mass is 10.1. The lowest BCUT2D eigenvalue weighted by Crippen LogP contribution is -2.03. The van der Waals surface area contributed by atoms with Crippen molar-refractivity contribution in [1.29, 1.82) is 0 Å². The Morgan fingerprint density at radius 3 is 2.57 bits per heavy atom. The maximum Gasteiger partial charge on any atom is 0.130 e. The molecule has 0 spiro atoms. The van der Waals surface area contributed by atoms with Crippen molar-refractivity contribution in [3.8, 4) is 11.4 Å². The van der Waals surface area contributed by atoms with Crippen molar-refractivity contribution in [2.24, 2.45) is 0 Å². The number of benzene rings is 2. The van der Waals surface area contributed by atoms with Gasteiger partial charge in [0.05, 0.1) is 34.7 Å². The molecule has 0 aliphatic rings. The molecule has 4 rings (SSSR count). The van der Waals surface area contributed by atoms with E-state index in [1.54, 1.807) is 6.20 Å². The molecule has 2 aromatic carbocycles. The number of halogens is 1. The summed E-state index contributed by atoms with van der Waals surface area (Å²) >= 11 is 6.38. The quantitative estimate of drug-likeness (QED) is 0.288. The molecular weight excluding hydrogens is 394 g/mol. The zero-order valence-corrected chi connectivity index (χ0v) is 18.0. The minimum atomic E-state index is 0.718. The van der Waals surface area contributed by atoms with Crippen LogP contribution >= 0.6 is 11.6 Å². The van der Waals surface area contributed by atoms with E-state index in [1.807, 2.05) is 54.1 Å². The van der Waals surface area contributed by atoms with Crippen LogP contribution < -0.4 is 4.74 Å². The summed E-state index contributed by atoms with van der Waals surface area (Å²) in [6.07, 6.45) is 7.02. The van der Waals surface area contributed by atoms with Crippen LogP contribution in [-0.4, -0.2) is 21.4 Å². The summed E-state index contributed by atoms with van der Waals surface area (Å²) in [6.45, 7) is 2.72. The van der Waals surface area contributed by atoms with E-state index in [0.29, 0.717) is 0 Å². The van der Waals surface area contributed by atoms with Gasteiger partial charge in [0, 0.05) is 17.1 Å². The fourth-order valence-electron chi connectivity index (χ4n) is 3.69. The van der Waals surface area contributed by atoms with Crippen molar-refractivity contribution < 1.29 is 4.74 Å². The molecule has 0 bridgehead atoms. The smallest absolute Gasteiger partial charge is 0.130 e. The summed E-state index contributed by atoms with van der Waals surface area (Å²) in [5, 5.41) is 6.25. The SMILES string of the molecule is Cc1cc(OCCCCCCc2c(Cl)cnn2-c2ccccc2)c2ccccc2n1. The second-order valence-electron chi connectivity index (χ2n) is 7.48. The van der Waals surface area contributed by atoms with Crippen LogP contribution in [0.25, 0.3) is 16.6 Å². The van der Waals surface area contributed by atoms with Crippen LogP contribution in [0.3, 0.4) is 0 Å². The van der Waals surface area contributed by atoms with Gasteiger partial charge in [-0.1, -0.05) is 54.8 Å². The molecule has 0 radical (unpaired) electrons. The second-order valence-corrected chi connectivity index (χ2v) is 7.89. The van der Waals surface area contributed by atoms with Crippen molar-refractivity contribution in [1.82, 2.24) is 14.8 Å². The monoisotopic (exact) mass is 419 g/mol. The number of hydrogen-bond donors (Lipinski definition) is 0. The van der Waals surface area contributed by atoms with Crippen molar-refractivity contribution in [2.75, 3.05) is 6.61 Å². The van der Waals surface area contributed by atoms with Crippen LogP contribution in [0, 0.1) is 6.92 Å². The Labute approximate surface area is 182 Å². The number of nitrogens with zero attached hydrogens (tertiary/aromatic N) is 3. The largest absolute Gasteiger partial charge is 0.493 e. The highest BCUT2D eigenvalue weighted by atomic mass is 35.5. The normalized spacial score (nSPS) is 11.1. The number of hydrogen-bond acceptors (Lipinski definition) is 3. The average Bonchev–Trinajstić information content (AvgIpc) is 3.13. The van der Waals surface area contributed by atoms with Crippen molar-refractivity contribution >= 4 is 22.5 Å². The summed E-state index contributed by atoms with van der Waals surface area (Å²) < 4.78 is 8.02. The van der Waals surface area contributed by atoms with E-state index < -0.39 is 0 Å². The molecule has 4 nitrogen and oxygen atoms in total. The van der Waals surface area contributed by atoms with Gasteiger partial charge < -0.3 is 4.74 Å². The molecule has 0 fully saturated rings. The Morgan fingerprint density at radius 1 is 0.933 bits per heavy atom. The third-order valence-electron chi connectivity index (χ3n) is 5.19. The van der Waals surface area contributed by atoms with Gasteiger partial charge >= 0.3 is 0 Å². The fourth-order valence-corrected chi connectivity index (χ4v) is 3.91. The number of ether oxygens (including phenoxy) is 1. The predicted octanol–water partition coefficient (Wildman–Crippen LogP) is 6.56. The van der Waals surface area contributed by atoms with Gasteiger partial charge in [-0.25, -0.2) is 4.68 Å². The number of pyridine rings is 1. The van der Waals surface area contributed by atoms with Crippen molar-refractivity contribution in [2.45, 2.75) is 39.0 Å². The van der Waals surface area contributed by atoms with Crippen molar-refractivity contribution in [3.63, 3.8) is 0 Å². The summed E-state index contributed by atoms with van der Waals surface area (Å²) in [4.78, 5) is 4.57. The summed E-state index contributed by atoms with van der Waals surface area (Å²) in [6, 6.07) is 20.3. The van der Waals surface area contributed by atoms with E-state index in [-0.39, 0.29) is 0 Å². The number of aryl methyl sites for hydroxylation is 1. The van der Waals surface area contributed by atoms with E-state index in [0.717, 1.165) is 77.5 Å². The molecule has 0 saturated carbocycles. The first-order chi connectivity index (χ1) is 14.7. The molecule has 30 heavy (non-hydrogen) atoms. The average molecular weight is 420 g/mol. The van der Waals surface area contributed by atoms with Gasteiger partial charge in [0.2, 0.25) is 0 Å². The molecule has 0 aliphatic carbocycles. The number of rotatable bonds is 9. The third-order valence-corrected chi connectivity index (χ3v) is 5.51. The Kier molecular flexibility index (Phi) is 6.65. The van der Waals surface area contributed by atoms with Crippen LogP contribution in [-0.2, 0) is 6.42 Å². The highest BCUT2D eigenvalue weighted by Crippen LogP contribution is 2.26. The van der Waals surface area contributed by atoms with Gasteiger partial charge in [-0.05, 0) is 50.5 Å². The predicted molar refractivity (Wildman–Crippen MR) is 123 cm³/mol. The number of fused-ring (bicyclic) bond motifs is 1. The fraction of sp³-hybridized carbons (Fsp3) is 0.280. The van der Waals surface area contributed by atoms with Crippen LogP contribution in [0.5, 0.6) is 5.75 Å². The van der Waals surface area contributed by atoms with E-state index in [2.05, 4.69) is 28.3 Å². The highest BCUT2D eigenvalue weighted by molar-refractivity contribution is 6.31. The molecule has 0 N–H and O–H groups in total. The molecule has 154 valence electrons. The van der Waals surface area contributed by atoms with Gasteiger partial charge in [-0.2, -0.15) is 5.10 Å². The molecular formula is C25H26ClN3O. The molecule has 5 heteroatoms. The van der Waals surface area contributed by atoms with Gasteiger partial charge in [-0.3, -0.25) is 4.98 Å². The molecule has 0 amide bonds. The third kappa shape index (κ3) is 4.82. The van der Waals surface area contributed by atoms with Crippen LogP contribution in [0.1, 0.15) is 37.1 Å². The van der Waals surface area contributed by atoms with E-state index in [1.165, 1.54) is 0 Å². The maximum absolute atomic E-state index is 6.38. The number of para-hydroxylation sites is 2. The molecule has 0 atom stereocenters. The summed E-state index contributed by atoms with van der Waals surface area (Å²) in [5.41, 5.74) is 4.10. The first-order valence-electron chi connectivity index (χ1n) is 10.5. The van der Waals surface area contributed by atoms with Gasteiger partial charge in [0.15, 0.2) is 0 Å². The van der Waals surface area contributed by atoms with Gasteiger partial charge in [0.1, 0.15) is 5.75 Å². The Bertz CT molecular complexity index is 1110.